The molecule has 2 atom stereocenters. The van der Waals surface area contributed by atoms with Crippen LogP contribution in [-0.4, -0.2) is 8.96 Å². The molecule has 17 heavy (non-hydrogen) atoms. The van der Waals surface area contributed by atoms with Gasteiger partial charge in [-0.1, -0.05) is 22.9 Å². The molecule has 0 aromatic heterocycles. The van der Waals surface area contributed by atoms with Gasteiger partial charge in [-0.2, -0.15) is 0 Å². The van der Waals surface area contributed by atoms with Gasteiger partial charge in [-0.15, -0.1) is 0 Å². The minimum absolute atomic E-state index is 0.0324. The van der Waals surface area contributed by atoms with Crippen molar-refractivity contribution in [2.75, 3.05) is 0 Å². The second kappa shape index (κ2) is 5.59. The van der Waals surface area contributed by atoms with Crippen molar-refractivity contribution < 1.29 is 8.60 Å². The summed E-state index contributed by atoms with van der Waals surface area (Å²) in [7, 11) is -1.42. The van der Waals surface area contributed by atoms with Gasteiger partial charge >= 0.3 is 0 Å². The molecule has 2 N–H and O–H groups in total. The Morgan fingerprint density at radius 1 is 1.53 bits per heavy atom. The number of nitrogens with two attached hydrogens (primary N) is 1. The minimum atomic E-state index is -1.42. The molecule has 0 heterocycles. The molecule has 96 valence electrons. The summed E-state index contributed by atoms with van der Waals surface area (Å²) in [5.74, 6) is -0.269. The van der Waals surface area contributed by atoms with Crippen LogP contribution in [0.5, 0.6) is 0 Å². The van der Waals surface area contributed by atoms with E-state index in [2.05, 4.69) is 15.9 Å². The first-order chi connectivity index (χ1) is 7.74. The van der Waals surface area contributed by atoms with Crippen LogP contribution in [0.1, 0.15) is 38.7 Å². The summed E-state index contributed by atoms with van der Waals surface area (Å²) >= 11 is 3.32. The van der Waals surface area contributed by atoms with Gasteiger partial charge in [-0.25, -0.2) is 8.60 Å². The number of hydrogen-bond donors (Lipinski definition) is 1. The fourth-order valence-electron chi connectivity index (χ4n) is 1.82. The van der Waals surface area contributed by atoms with E-state index in [-0.39, 0.29) is 11.7 Å². The number of hydrogen-bond acceptors (Lipinski definition) is 1. The van der Waals surface area contributed by atoms with Gasteiger partial charge in [0.1, 0.15) is 5.82 Å². The van der Waals surface area contributed by atoms with Gasteiger partial charge in [-0.05, 0) is 49.9 Å². The van der Waals surface area contributed by atoms with Crippen LogP contribution in [0.4, 0.5) is 4.39 Å². The first kappa shape index (κ1) is 14.8. The summed E-state index contributed by atoms with van der Waals surface area (Å²) in [5.41, 5.74) is 0.623. The summed E-state index contributed by atoms with van der Waals surface area (Å²) in [6.07, 6.45) is 0.573. The second-order valence-corrected chi connectivity index (χ2v) is 7.44. The Labute approximate surface area is 113 Å². The van der Waals surface area contributed by atoms with Crippen molar-refractivity contribution in [3.8, 4) is 0 Å². The maximum Gasteiger partial charge on any atom is 0.126 e. The zero-order chi connectivity index (χ0) is 13.2. The molecule has 1 rings (SSSR count). The molecule has 0 aliphatic rings. The number of halogens is 2. The lowest BCUT2D eigenvalue weighted by Gasteiger charge is -2.25. The molecule has 0 spiro atoms. The van der Waals surface area contributed by atoms with Crippen LogP contribution in [0, 0.1) is 5.82 Å². The zero-order valence-corrected chi connectivity index (χ0v) is 12.6. The average molecular weight is 322 g/mol. The Hall–Kier alpha value is -0.260. The van der Waals surface area contributed by atoms with Crippen LogP contribution in [0.3, 0.4) is 0 Å². The first-order valence-electron chi connectivity index (χ1n) is 5.35. The lowest BCUT2D eigenvalue weighted by Crippen LogP contribution is -2.33. The number of rotatable bonds is 4. The quantitative estimate of drug-likeness (QED) is 0.906. The molecule has 0 radical (unpaired) electrons. The van der Waals surface area contributed by atoms with Crippen molar-refractivity contribution in [2.45, 2.75) is 37.9 Å². The Balaban J connectivity index is 2.94. The minimum Gasteiger partial charge on any atom is -0.251 e. The third-order valence-corrected chi connectivity index (χ3v) is 4.58. The molecule has 0 bridgehead atoms. The van der Waals surface area contributed by atoms with Crippen molar-refractivity contribution in [3.05, 3.63) is 34.1 Å². The molecule has 0 aliphatic heterocycles. The lowest BCUT2D eigenvalue weighted by molar-refractivity contribution is 0.516. The van der Waals surface area contributed by atoms with E-state index in [0.29, 0.717) is 12.0 Å². The molecule has 0 fully saturated rings. The zero-order valence-electron chi connectivity index (χ0n) is 10.2. The van der Waals surface area contributed by atoms with E-state index < -0.39 is 15.7 Å². The van der Waals surface area contributed by atoms with Gasteiger partial charge in [0.15, 0.2) is 0 Å². The van der Waals surface area contributed by atoms with Crippen molar-refractivity contribution >= 4 is 26.9 Å². The second-order valence-electron chi connectivity index (χ2n) is 4.83. The van der Waals surface area contributed by atoms with Crippen LogP contribution < -0.4 is 5.14 Å². The van der Waals surface area contributed by atoms with Crippen LogP contribution >= 0.6 is 15.9 Å². The van der Waals surface area contributed by atoms with Gasteiger partial charge in [0, 0.05) is 4.47 Å². The highest BCUT2D eigenvalue weighted by Gasteiger charge is 2.27. The largest absolute Gasteiger partial charge is 0.251 e. The molecular weight excluding hydrogens is 305 g/mol. The Morgan fingerprint density at radius 2 is 2.12 bits per heavy atom. The summed E-state index contributed by atoms with van der Waals surface area (Å²) in [4.78, 5) is 0. The van der Waals surface area contributed by atoms with Crippen molar-refractivity contribution in [2.24, 2.45) is 5.14 Å². The molecule has 1 aromatic rings. The van der Waals surface area contributed by atoms with E-state index in [4.69, 9.17) is 5.14 Å². The molecule has 0 amide bonds. The molecule has 0 aliphatic carbocycles. The van der Waals surface area contributed by atoms with Gasteiger partial charge < -0.3 is 0 Å². The molecule has 0 saturated carbocycles. The first-order valence-corrected chi connectivity index (χ1v) is 7.36. The number of benzene rings is 1. The standard InChI is InChI=1S/C12H17BrFNOS/c1-8(7-12(2,3)17(15)16)10-6-9(13)4-5-11(10)14/h4-6,8H,7,15H2,1-3H3/t8-,17?/m1/s1. The molecule has 0 saturated heterocycles. The van der Waals surface area contributed by atoms with E-state index in [9.17, 15) is 8.60 Å². The third kappa shape index (κ3) is 3.86. The topological polar surface area (TPSA) is 43.1 Å². The monoisotopic (exact) mass is 321 g/mol. The smallest absolute Gasteiger partial charge is 0.126 e. The Morgan fingerprint density at radius 3 is 2.65 bits per heavy atom. The Bertz CT molecular complexity index is 437. The molecular formula is C12H17BrFNOS. The fraction of sp³-hybridized carbons (Fsp3) is 0.500. The summed E-state index contributed by atoms with van der Waals surface area (Å²) < 4.78 is 25.4. The fourth-order valence-corrected chi connectivity index (χ4v) is 2.61. The highest BCUT2D eigenvalue weighted by atomic mass is 79.9. The predicted octanol–water partition coefficient (Wildman–Crippen LogP) is 3.48. The SMILES string of the molecule is C[C@H](CC(C)(C)S(N)=O)c1cc(Br)ccc1F. The van der Waals surface area contributed by atoms with E-state index in [1.165, 1.54) is 6.07 Å². The summed E-state index contributed by atoms with van der Waals surface area (Å²) in [6, 6.07) is 4.86. The van der Waals surface area contributed by atoms with Crippen LogP contribution in [-0.2, 0) is 11.0 Å². The predicted molar refractivity (Wildman–Crippen MR) is 73.5 cm³/mol. The van der Waals surface area contributed by atoms with Gasteiger partial charge in [0.05, 0.1) is 15.7 Å². The van der Waals surface area contributed by atoms with Crippen LogP contribution in [0.25, 0.3) is 0 Å². The van der Waals surface area contributed by atoms with E-state index in [1.807, 2.05) is 20.8 Å². The van der Waals surface area contributed by atoms with Gasteiger partial charge in [-0.3, -0.25) is 5.14 Å². The lowest BCUT2D eigenvalue weighted by atomic mass is 9.91. The molecule has 1 aromatic carbocycles. The normalized spacial score (nSPS) is 15.6. The van der Waals surface area contributed by atoms with Gasteiger partial charge in [0.2, 0.25) is 0 Å². The average Bonchev–Trinajstić information content (AvgIpc) is 2.20. The third-order valence-electron chi connectivity index (χ3n) is 2.83. The van der Waals surface area contributed by atoms with E-state index >= 15 is 0 Å². The van der Waals surface area contributed by atoms with Crippen LogP contribution in [0.15, 0.2) is 22.7 Å². The van der Waals surface area contributed by atoms with Crippen molar-refractivity contribution in [3.63, 3.8) is 0 Å². The molecule has 2 nitrogen and oxygen atoms in total. The maximum atomic E-state index is 13.7. The van der Waals surface area contributed by atoms with Crippen molar-refractivity contribution in [1.29, 1.82) is 0 Å². The summed E-state index contributed by atoms with van der Waals surface area (Å²) in [6.45, 7) is 5.57. The highest BCUT2D eigenvalue weighted by molar-refractivity contribution is 9.10. The Kier molecular flexibility index (Phi) is 4.86. The van der Waals surface area contributed by atoms with Crippen LogP contribution in [0.2, 0.25) is 0 Å². The summed E-state index contributed by atoms with van der Waals surface area (Å²) in [5, 5.41) is 5.43. The highest BCUT2D eigenvalue weighted by Crippen LogP contribution is 2.31. The van der Waals surface area contributed by atoms with Crippen molar-refractivity contribution in [1.82, 2.24) is 0 Å². The molecule has 1 unspecified atom stereocenters. The van der Waals surface area contributed by atoms with E-state index in [1.54, 1.807) is 12.1 Å². The van der Waals surface area contributed by atoms with Gasteiger partial charge in [0.25, 0.3) is 0 Å². The van der Waals surface area contributed by atoms with E-state index in [0.717, 1.165) is 4.47 Å². The molecule has 5 heteroatoms. The maximum absolute atomic E-state index is 13.7.